The minimum atomic E-state index is -0.341. The minimum Gasteiger partial charge on any atom is -0.377 e. The lowest BCUT2D eigenvalue weighted by Crippen LogP contribution is -2.64. The summed E-state index contributed by atoms with van der Waals surface area (Å²) >= 11 is 0. The van der Waals surface area contributed by atoms with Gasteiger partial charge in [-0.05, 0) is 19.4 Å². The number of aryl methyl sites for hydroxylation is 1. The van der Waals surface area contributed by atoms with E-state index in [2.05, 4.69) is 4.98 Å². The van der Waals surface area contributed by atoms with Crippen LogP contribution in [0.3, 0.4) is 0 Å². The van der Waals surface area contributed by atoms with Crippen molar-refractivity contribution >= 4 is 11.5 Å². The highest BCUT2D eigenvalue weighted by Gasteiger charge is 2.45. The Hall–Kier alpha value is -1.69. The van der Waals surface area contributed by atoms with Crippen molar-refractivity contribution in [1.29, 1.82) is 0 Å². The number of pyridine rings is 1. The Morgan fingerprint density at radius 1 is 1.53 bits per heavy atom. The molecule has 0 saturated carbocycles. The second kappa shape index (κ2) is 3.66. The number of nitro groups is 1. The van der Waals surface area contributed by atoms with Crippen LogP contribution in [0.2, 0.25) is 0 Å². The highest BCUT2D eigenvalue weighted by Crippen LogP contribution is 2.40. The van der Waals surface area contributed by atoms with E-state index < -0.39 is 0 Å². The summed E-state index contributed by atoms with van der Waals surface area (Å²) in [7, 11) is 0. The van der Waals surface area contributed by atoms with Crippen molar-refractivity contribution in [3.8, 4) is 0 Å². The maximum Gasteiger partial charge on any atom is 0.314 e. The highest BCUT2D eigenvalue weighted by atomic mass is 16.6. The maximum atomic E-state index is 11.1. The Kier molecular flexibility index (Phi) is 2.25. The number of ether oxygens (including phenoxy) is 1. The van der Waals surface area contributed by atoms with Gasteiger partial charge in [-0.3, -0.25) is 10.1 Å². The predicted molar refractivity (Wildman–Crippen MR) is 61.1 cm³/mol. The molecular formula is C11H13N3O3. The normalized spacial score (nSPS) is 26.5. The topological polar surface area (TPSA) is 68.5 Å². The first kappa shape index (κ1) is 10.5. The molecule has 2 aliphatic heterocycles. The molecule has 1 aromatic heterocycles. The van der Waals surface area contributed by atoms with E-state index in [1.165, 1.54) is 0 Å². The predicted octanol–water partition coefficient (Wildman–Crippen LogP) is 1.28. The van der Waals surface area contributed by atoms with Crippen LogP contribution < -0.4 is 4.90 Å². The van der Waals surface area contributed by atoms with Gasteiger partial charge in [0, 0.05) is 11.8 Å². The zero-order valence-electron chi connectivity index (χ0n) is 9.50. The van der Waals surface area contributed by atoms with Gasteiger partial charge in [-0.2, -0.15) is 0 Å². The number of aromatic nitrogens is 1. The summed E-state index contributed by atoms with van der Waals surface area (Å²) in [4.78, 5) is 17.0. The lowest BCUT2D eigenvalue weighted by atomic mass is 9.91. The van der Waals surface area contributed by atoms with Gasteiger partial charge < -0.3 is 9.64 Å². The van der Waals surface area contributed by atoms with Crippen LogP contribution in [0.1, 0.15) is 12.0 Å². The third kappa shape index (κ3) is 1.48. The molecule has 6 nitrogen and oxygen atoms in total. The van der Waals surface area contributed by atoms with Gasteiger partial charge in [-0.1, -0.05) is 0 Å². The molecule has 17 heavy (non-hydrogen) atoms. The molecule has 0 aromatic carbocycles. The quantitative estimate of drug-likeness (QED) is 0.570. The molecule has 3 rings (SSSR count). The summed E-state index contributed by atoms with van der Waals surface area (Å²) in [5.41, 5.74) is 0.787. The van der Waals surface area contributed by atoms with Crippen LogP contribution in [0.15, 0.2) is 12.3 Å². The van der Waals surface area contributed by atoms with E-state index in [1.807, 2.05) is 4.90 Å². The van der Waals surface area contributed by atoms with Crippen molar-refractivity contribution in [2.75, 3.05) is 18.1 Å². The first-order chi connectivity index (χ1) is 8.18. The molecule has 0 amide bonds. The van der Waals surface area contributed by atoms with E-state index in [0.717, 1.165) is 6.42 Å². The largest absolute Gasteiger partial charge is 0.377 e. The number of hydrogen-bond donors (Lipinski definition) is 0. The molecule has 1 aromatic rings. The van der Waals surface area contributed by atoms with Gasteiger partial charge in [-0.25, -0.2) is 4.98 Å². The molecule has 2 atom stereocenters. The lowest BCUT2D eigenvalue weighted by Gasteiger charge is -2.52. The Labute approximate surface area is 98.4 Å². The molecule has 0 N–H and O–H groups in total. The van der Waals surface area contributed by atoms with Crippen molar-refractivity contribution in [2.24, 2.45) is 0 Å². The maximum absolute atomic E-state index is 11.1. The fraction of sp³-hybridized carbons (Fsp3) is 0.545. The number of morpholine rings is 1. The molecule has 6 heteroatoms. The summed E-state index contributed by atoms with van der Waals surface area (Å²) in [5, 5.41) is 11.1. The summed E-state index contributed by atoms with van der Waals surface area (Å²) in [6.07, 6.45) is 2.68. The first-order valence-corrected chi connectivity index (χ1v) is 5.64. The summed E-state index contributed by atoms with van der Waals surface area (Å²) in [6.45, 7) is 3.03. The standard InChI is InChI=1S/C11H13N3O3/c1-7-2-3-12-11(10(7)14(15)16)13-8-4-9(13)6-17-5-8/h2-3,8-9H,4-6H2,1H3. The van der Waals surface area contributed by atoms with Crippen LogP contribution in [0.25, 0.3) is 0 Å². The van der Waals surface area contributed by atoms with Crippen LogP contribution >= 0.6 is 0 Å². The SMILES string of the molecule is Cc1ccnc(N2C3COCC2C3)c1[N+](=O)[O-]. The van der Waals surface area contributed by atoms with E-state index in [-0.39, 0.29) is 22.7 Å². The van der Waals surface area contributed by atoms with Gasteiger partial charge in [0.15, 0.2) is 0 Å². The number of nitrogens with zero attached hydrogens (tertiary/aromatic N) is 3. The molecule has 2 fully saturated rings. The van der Waals surface area contributed by atoms with Crippen molar-refractivity contribution in [3.63, 3.8) is 0 Å². The molecule has 2 bridgehead atoms. The van der Waals surface area contributed by atoms with Gasteiger partial charge in [-0.15, -0.1) is 0 Å². The smallest absolute Gasteiger partial charge is 0.314 e. The lowest BCUT2D eigenvalue weighted by molar-refractivity contribution is -0.385. The van der Waals surface area contributed by atoms with Gasteiger partial charge in [0.05, 0.1) is 30.2 Å². The van der Waals surface area contributed by atoms with Crippen LogP contribution in [0, 0.1) is 17.0 Å². The van der Waals surface area contributed by atoms with E-state index >= 15 is 0 Å². The van der Waals surface area contributed by atoms with Crippen molar-refractivity contribution < 1.29 is 9.66 Å². The van der Waals surface area contributed by atoms with Crippen molar-refractivity contribution in [2.45, 2.75) is 25.4 Å². The van der Waals surface area contributed by atoms with Gasteiger partial charge in [0.25, 0.3) is 0 Å². The summed E-state index contributed by atoms with van der Waals surface area (Å²) < 4.78 is 5.37. The van der Waals surface area contributed by atoms with Crippen LogP contribution in [0.5, 0.6) is 0 Å². The zero-order chi connectivity index (χ0) is 12.0. The van der Waals surface area contributed by atoms with E-state index in [1.54, 1.807) is 19.2 Å². The Balaban J connectivity index is 2.03. The second-order valence-corrected chi connectivity index (χ2v) is 4.55. The number of rotatable bonds is 2. The van der Waals surface area contributed by atoms with E-state index in [9.17, 15) is 10.1 Å². The summed E-state index contributed by atoms with van der Waals surface area (Å²) in [5.74, 6) is 0.500. The molecule has 0 radical (unpaired) electrons. The fourth-order valence-corrected chi connectivity index (χ4v) is 2.63. The minimum absolute atomic E-state index is 0.129. The molecule has 0 aliphatic carbocycles. The zero-order valence-corrected chi connectivity index (χ0v) is 9.50. The number of anilines is 1. The number of fused-ring (bicyclic) bond motifs is 2. The third-order valence-electron chi connectivity index (χ3n) is 3.49. The Bertz CT molecular complexity index is 463. The number of hydrogen-bond acceptors (Lipinski definition) is 5. The van der Waals surface area contributed by atoms with Gasteiger partial charge in [0.2, 0.25) is 5.82 Å². The Morgan fingerprint density at radius 3 is 2.82 bits per heavy atom. The molecule has 2 saturated heterocycles. The molecule has 90 valence electrons. The average Bonchev–Trinajstić information content (AvgIpc) is 2.29. The molecule has 2 unspecified atom stereocenters. The molecule has 3 heterocycles. The Morgan fingerprint density at radius 2 is 2.24 bits per heavy atom. The van der Waals surface area contributed by atoms with Crippen molar-refractivity contribution in [3.05, 3.63) is 27.9 Å². The fourth-order valence-electron chi connectivity index (χ4n) is 2.63. The monoisotopic (exact) mass is 235 g/mol. The van der Waals surface area contributed by atoms with E-state index in [0.29, 0.717) is 24.6 Å². The van der Waals surface area contributed by atoms with Crippen LogP contribution in [-0.2, 0) is 4.74 Å². The third-order valence-corrected chi connectivity index (χ3v) is 3.49. The summed E-state index contributed by atoms with van der Waals surface area (Å²) in [6, 6.07) is 2.18. The van der Waals surface area contributed by atoms with Gasteiger partial charge >= 0.3 is 5.69 Å². The first-order valence-electron chi connectivity index (χ1n) is 5.64. The molecular weight excluding hydrogens is 222 g/mol. The van der Waals surface area contributed by atoms with Crippen molar-refractivity contribution in [1.82, 2.24) is 4.98 Å². The van der Waals surface area contributed by atoms with Crippen LogP contribution in [0.4, 0.5) is 11.5 Å². The van der Waals surface area contributed by atoms with Gasteiger partial charge in [0.1, 0.15) is 0 Å². The molecule has 2 aliphatic rings. The second-order valence-electron chi connectivity index (χ2n) is 4.55. The molecule has 0 spiro atoms. The van der Waals surface area contributed by atoms with Crippen LogP contribution in [-0.4, -0.2) is 35.2 Å². The highest BCUT2D eigenvalue weighted by molar-refractivity contribution is 5.64. The van der Waals surface area contributed by atoms with E-state index in [4.69, 9.17) is 4.74 Å². The average molecular weight is 235 g/mol.